The second kappa shape index (κ2) is 7.05. The number of ether oxygens (including phenoxy) is 2. The molecule has 3 saturated heterocycles. The number of halogens is 2. The van der Waals surface area contributed by atoms with E-state index in [1.54, 1.807) is 4.90 Å². The topological polar surface area (TPSA) is 62.3 Å². The Morgan fingerprint density at radius 1 is 1.04 bits per heavy atom. The molecule has 27 heavy (non-hydrogen) atoms. The lowest BCUT2D eigenvalue weighted by Gasteiger charge is -2.38. The minimum atomic E-state index is -1.01. The van der Waals surface area contributed by atoms with Gasteiger partial charge in [-0.05, 0) is 12.1 Å². The van der Waals surface area contributed by atoms with Gasteiger partial charge in [0.2, 0.25) is 5.91 Å². The van der Waals surface area contributed by atoms with Crippen LogP contribution in [0.1, 0.15) is 12.8 Å². The second-order valence-corrected chi connectivity index (χ2v) is 6.94. The van der Waals surface area contributed by atoms with E-state index in [0.717, 1.165) is 12.1 Å². The largest absolute Gasteiger partial charge is 0.347 e. The SMILES string of the molecule is O=C(CN1CCN(c2ccc(F)c(F)c2)C1=O)N1CCC2(CC1)OCCO2. The molecule has 0 aromatic heterocycles. The van der Waals surface area contributed by atoms with Gasteiger partial charge in [0.05, 0.1) is 13.2 Å². The van der Waals surface area contributed by atoms with Crippen molar-refractivity contribution >= 4 is 17.6 Å². The van der Waals surface area contributed by atoms with Gasteiger partial charge >= 0.3 is 6.03 Å². The van der Waals surface area contributed by atoms with Gasteiger partial charge in [-0.2, -0.15) is 0 Å². The summed E-state index contributed by atoms with van der Waals surface area (Å²) in [4.78, 5) is 29.6. The molecule has 1 aromatic rings. The molecule has 1 spiro atoms. The molecule has 0 radical (unpaired) electrons. The quantitative estimate of drug-likeness (QED) is 0.798. The van der Waals surface area contributed by atoms with E-state index in [9.17, 15) is 18.4 Å². The van der Waals surface area contributed by atoms with Crippen LogP contribution in [0.2, 0.25) is 0 Å². The van der Waals surface area contributed by atoms with E-state index >= 15 is 0 Å². The first-order valence-corrected chi connectivity index (χ1v) is 9.05. The van der Waals surface area contributed by atoms with Gasteiger partial charge in [0.25, 0.3) is 0 Å². The van der Waals surface area contributed by atoms with Gasteiger partial charge in [-0.3, -0.25) is 9.69 Å². The third-order valence-corrected chi connectivity index (χ3v) is 5.33. The van der Waals surface area contributed by atoms with Crippen LogP contribution in [0.15, 0.2) is 18.2 Å². The van der Waals surface area contributed by atoms with Gasteiger partial charge in [0.1, 0.15) is 6.54 Å². The van der Waals surface area contributed by atoms with Gasteiger partial charge in [-0.1, -0.05) is 0 Å². The first-order chi connectivity index (χ1) is 13.0. The van der Waals surface area contributed by atoms with Crippen molar-refractivity contribution < 1.29 is 27.8 Å². The van der Waals surface area contributed by atoms with Crippen molar-refractivity contribution in [1.29, 1.82) is 0 Å². The van der Waals surface area contributed by atoms with Crippen molar-refractivity contribution in [2.75, 3.05) is 50.8 Å². The summed E-state index contributed by atoms with van der Waals surface area (Å²) in [5, 5.41) is 0. The number of benzene rings is 1. The maximum atomic E-state index is 13.4. The zero-order valence-electron chi connectivity index (χ0n) is 14.8. The molecule has 0 saturated carbocycles. The molecule has 3 aliphatic rings. The van der Waals surface area contributed by atoms with Crippen LogP contribution in [-0.2, 0) is 14.3 Å². The van der Waals surface area contributed by atoms with Crippen molar-refractivity contribution in [2.45, 2.75) is 18.6 Å². The van der Waals surface area contributed by atoms with Crippen LogP contribution in [0.25, 0.3) is 0 Å². The molecule has 7 nitrogen and oxygen atoms in total. The van der Waals surface area contributed by atoms with Crippen molar-refractivity contribution in [1.82, 2.24) is 9.80 Å². The van der Waals surface area contributed by atoms with Gasteiger partial charge < -0.3 is 19.3 Å². The summed E-state index contributed by atoms with van der Waals surface area (Å²) >= 11 is 0. The van der Waals surface area contributed by atoms with Crippen molar-refractivity contribution in [2.24, 2.45) is 0 Å². The molecule has 0 bridgehead atoms. The molecule has 0 unspecified atom stereocenters. The predicted octanol–water partition coefficient (Wildman–Crippen LogP) is 1.57. The van der Waals surface area contributed by atoms with Crippen LogP contribution >= 0.6 is 0 Å². The zero-order valence-corrected chi connectivity index (χ0v) is 14.8. The zero-order chi connectivity index (χ0) is 19.0. The summed E-state index contributed by atoms with van der Waals surface area (Å²) in [5.41, 5.74) is 0.282. The molecular weight excluding hydrogens is 360 g/mol. The van der Waals surface area contributed by atoms with E-state index in [0.29, 0.717) is 52.2 Å². The number of hydrogen-bond donors (Lipinski definition) is 0. The first-order valence-electron chi connectivity index (χ1n) is 9.05. The number of likely N-dealkylation sites (tertiary alicyclic amines) is 1. The average molecular weight is 381 g/mol. The Morgan fingerprint density at radius 3 is 2.41 bits per heavy atom. The van der Waals surface area contributed by atoms with Crippen LogP contribution in [0, 0.1) is 11.6 Å². The lowest BCUT2D eigenvalue weighted by Crippen LogP contribution is -2.50. The minimum Gasteiger partial charge on any atom is -0.347 e. The second-order valence-electron chi connectivity index (χ2n) is 6.94. The summed E-state index contributed by atoms with van der Waals surface area (Å²) in [6.45, 7) is 2.84. The van der Waals surface area contributed by atoms with E-state index in [2.05, 4.69) is 0 Å². The number of amides is 3. The third-order valence-electron chi connectivity index (χ3n) is 5.33. The summed E-state index contributed by atoms with van der Waals surface area (Å²) in [6, 6.07) is 2.95. The fraction of sp³-hybridized carbons (Fsp3) is 0.556. The highest BCUT2D eigenvalue weighted by Crippen LogP contribution is 2.31. The van der Waals surface area contributed by atoms with E-state index in [4.69, 9.17) is 9.47 Å². The molecule has 9 heteroatoms. The van der Waals surface area contributed by atoms with E-state index in [-0.39, 0.29) is 24.2 Å². The Labute approximate surface area is 155 Å². The number of nitrogens with zero attached hydrogens (tertiary/aromatic N) is 3. The van der Waals surface area contributed by atoms with Crippen LogP contribution in [0.3, 0.4) is 0 Å². The smallest absolute Gasteiger partial charge is 0.325 e. The molecule has 3 aliphatic heterocycles. The number of hydrogen-bond acceptors (Lipinski definition) is 4. The van der Waals surface area contributed by atoms with Gasteiger partial charge in [0.15, 0.2) is 17.4 Å². The molecule has 4 rings (SSSR count). The van der Waals surface area contributed by atoms with E-state index in [1.165, 1.54) is 15.9 Å². The van der Waals surface area contributed by atoms with E-state index < -0.39 is 17.4 Å². The first kappa shape index (κ1) is 18.1. The number of carbonyl (C=O) groups excluding carboxylic acids is 2. The molecule has 3 fully saturated rings. The van der Waals surface area contributed by atoms with E-state index in [1.807, 2.05) is 0 Å². The number of carbonyl (C=O) groups is 2. The lowest BCUT2D eigenvalue weighted by molar-refractivity contribution is -0.187. The molecule has 146 valence electrons. The Kier molecular flexibility index (Phi) is 4.73. The number of rotatable bonds is 3. The van der Waals surface area contributed by atoms with Crippen LogP contribution < -0.4 is 4.90 Å². The lowest BCUT2D eigenvalue weighted by atomic mass is 10.0. The van der Waals surface area contributed by atoms with Gasteiger partial charge in [-0.25, -0.2) is 13.6 Å². The maximum absolute atomic E-state index is 13.4. The summed E-state index contributed by atoms with van der Waals surface area (Å²) in [5.74, 6) is -2.66. The number of anilines is 1. The van der Waals surface area contributed by atoms with Crippen molar-refractivity contribution in [3.63, 3.8) is 0 Å². The summed E-state index contributed by atoms with van der Waals surface area (Å²) in [7, 11) is 0. The standard InChI is InChI=1S/C18H21F2N3O4/c19-14-2-1-13(11-15(14)20)23-8-7-22(17(23)25)12-16(24)21-5-3-18(4-6-21)26-9-10-27-18/h1-2,11H,3-10,12H2. The Bertz CT molecular complexity index is 744. The summed E-state index contributed by atoms with van der Waals surface area (Å²) < 4.78 is 37.8. The number of piperidine rings is 1. The Morgan fingerprint density at radius 2 is 1.74 bits per heavy atom. The fourth-order valence-corrected chi connectivity index (χ4v) is 3.77. The van der Waals surface area contributed by atoms with Crippen LogP contribution in [-0.4, -0.2) is 73.5 Å². The molecule has 3 amide bonds. The molecule has 0 aliphatic carbocycles. The number of urea groups is 1. The highest BCUT2D eigenvalue weighted by molar-refractivity contribution is 5.96. The molecule has 0 N–H and O–H groups in total. The Hall–Kier alpha value is -2.26. The molecule has 0 atom stereocenters. The fourth-order valence-electron chi connectivity index (χ4n) is 3.77. The maximum Gasteiger partial charge on any atom is 0.325 e. The molecule has 1 aromatic carbocycles. The Balaban J connectivity index is 1.34. The van der Waals surface area contributed by atoms with Gasteiger partial charge in [0, 0.05) is 50.8 Å². The summed E-state index contributed by atoms with van der Waals surface area (Å²) in [6.07, 6.45) is 1.24. The average Bonchev–Trinajstić information content (AvgIpc) is 3.26. The normalized spacial score (nSPS) is 22.1. The highest BCUT2D eigenvalue weighted by atomic mass is 19.2. The highest BCUT2D eigenvalue weighted by Gasteiger charge is 2.41. The third kappa shape index (κ3) is 3.49. The van der Waals surface area contributed by atoms with Crippen LogP contribution in [0.5, 0.6) is 0 Å². The van der Waals surface area contributed by atoms with Crippen molar-refractivity contribution in [3.8, 4) is 0 Å². The minimum absolute atomic E-state index is 0.0340. The van der Waals surface area contributed by atoms with Crippen molar-refractivity contribution in [3.05, 3.63) is 29.8 Å². The molecular formula is C18H21F2N3O4. The predicted molar refractivity (Wildman–Crippen MR) is 91.1 cm³/mol. The molecule has 3 heterocycles. The monoisotopic (exact) mass is 381 g/mol. The van der Waals surface area contributed by atoms with Crippen LogP contribution in [0.4, 0.5) is 19.3 Å². The van der Waals surface area contributed by atoms with Gasteiger partial charge in [-0.15, -0.1) is 0 Å².